The molecule has 0 aromatic rings. The molecule has 3 unspecified atom stereocenters. The van der Waals surface area contributed by atoms with E-state index in [1.807, 2.05) is 11.4 Å². The molecule has 2 saturated heterocycles. The molecule has 0 radical (unpaired) electrons. The van der Waals surface area contributed by atoms with Crippen LogP contribution in [0.4, 0.5) is 4.79 Å². The van der Waals surface area contributed by atoms with E-state index in [1.165, 1.54) is 0 Å². The number of carbonyl (C=O) groups excluding carboxylic acids is 1. The summed E-state index contributed by atoms with van der Waals surface area (Å²) in [7, 11) is 3.04. The Labute approximate surface area is 191 Å². The number of rotatable bonds is 12. The van der Waals surface area contributed by atoms with Gasteiger partial charge in [-0.1, -0.05) is 0 Å². The highest BCUT2D eigenvalue weighted by Gasteiger charge is 2.66. The Morgan fingerprint density at radius 2 is 1.42 bits per heavy atom. The molecule has 31 heavy (non-hydrogen) atoms. The molecule has 2 heterocycles. The minimum atomic E-state index is -2.52. The number of likely N-dealkylation sites (tertiary alicyclic amines) is 2. The SMILES string of the molecule is CO[Si](C)(CCC[N+]1(C(=O)N2CCC2[Si](C)(OC)OC)CCC1[Si](C)(OC)OC)OC. The molecule has 2 aliphatic rings. The summed E-state index contributed by atoms with van der Waals surface area (Å²) in [5.74, 6) is 0. The Morgan fingerprint density at radius 3 is 1.77 bits per heavy atom. The average molecular weight is 496 g/mol. The Balaban J connectivity index is 2.29. The lowest BCUT2D eigenvalue weighted by Crippen LogP contribution is -2.81. The molecule has 12 heteroatoms. The van der Waals surface area contributed by atoms with Gasteiger partial charge in [-0.25, -0.2) is 9.28 Å². The summed E-state index contributed by atoms with van der Waals surface area (Å²) in [6.07, 6.45) is 2.70. The average Bonchev–Trinajstić information content (AvgIpc) is 2.74. The summed E-state index contributed by atoms with van der Waals surface area (Å²) >= 11 is 0. The fraction of sp³-hybridized carbons (Fsp3) is 0.947. The van der Waals surface area contributed by atoms with Crippen molar-refractivity contribution in [2.45, 2.75) is 56.3 Å². The maximum absolute atomic E-state index is 14.1. The maximum atomic E-state index is 14.1. The molecular formula is C19H43N2O7Si3+. The molecule has 0 aliphatic carbocycles. The summed E-state index contributed by atoms with van der Waals surface area (Å²) in [6, 6.07) is 0.996. The predicted octanol–water partition coefficient (Wildman–Crippen LogP) is 2.33. The zero-order valence-electron chi connectivity index (χ0n) is 20.9. The van der Waals surface area contributed by atoms with Gasteiger partial charge in [0.1, 0.15) is 5.67 Å². The largest absolute Gasteiger partial charge is 0.419 e. The first kappa shape index (κ1) is 27.1. The van der Waals surface area contributed by atoms with Crippen LogP contribution in [0, 0.1) is 0 Å². The first-order valence-electron chi connectivity index (χ1n) is 11.0. The van der Waals surface area contributed by atoms with Crippen molar-refractivity contribution in [1.29, 1.82) is 0 Å². The lowest BCUT2D eigenvalue weighted by Gasteiger charge is -2.57. The molecule has 2 amide bonds. The predicted molar refractivity (Wildman–Crippen MR) is 125 cm³/mol. The normalized spacial score (nSPS) is 27.1. The molecule has 0 N–H and O–H groups in total. The van der Waals surface area contributed by atoms with Gasteiger partial charge in [0.25, 0.3) is 0 Å². The molecule has 0 aromatic carbocycles. The van der Waals surface area contributed by atoms with Gasteiger partial charge < -0.3 is 26.6 Å². The van der Waals surface area contributed by atoms with E-state index in [9.17, 15) is 4.79 Å². The quantitative estimate of drug-likeness (QED) is 0.304. The fourth-order valence-corrected chi connectivity index (χ4v) is 11.1. The smallest absolute Gasteiger partial charge is 0.398 e. The van der Waals surface area contributed by atoms with Crippen LogP contribution in [0.25, 0.3) is 0 Å². The highest BCUT2D eigenvalue weighted by molar-refractivity contribution is 6.68. The standard InChI is InChI=1S/C19H43N2O7Si3/c1-23-29(7,24-2)16-10-14-21(15-12-18(21)31(9,27-5)28-6)19(22)20-13-11-17(20)30(8,25-3)26-4/h17-18H,10-16H2,1-9H3/q+1. The van der Waals surface area contributed by atoms with Crippen LogP contribution in [-0.4, -0.2) is 115 Å². The third-order valence-electron chi connectivity index (χ3n) is 7.93. The second-order valence-corrected chi connectivity index (χ2v) is 19.7. The van der Waals surface area contributed by atoms with Gasteiger partial charge >= 0.3 is 31.7 Å². The number of urea groups is 1. The van der Waals surface area contributed by atoms with Crippen LogP contribution < -0.4 is 0 Å². The van der Waals surface area contributed by atoms with Crippen LogP contribution >= 0.6 is 0 Å². The van der Waals surface area contributed by atoms with Crippen LogP contribution in [-0.2, 0) is 26.6 Å². The van der Waals surface area contributed by atoms with Gasteiger partial charge in [0, 0.05) is 49.2 Å². The second-order valence-electron chi connectivity index (χ2n) is 9.06. The van der Waals surface area contributed by atoms with E-state index in [0.717, 1.165) is 44.9 Å². The Morgan fingerprint density at radius 1 is 0.871 bits per heavy atom. The number of hydrogen-bond acceptors (Lipinski definition) is 7. The third-order valence-corrected chi connectivity index (χ3v) is 18.0. The van der Waals surface area contributed by atoms with Crippen molar-refractivity contribution in [3.05, 3.63) is 0 Å². The molecule has 3 atom stereocenters. The highest BCUT2D eigenvalue weighted by Crippen LogP contribution is 2.41. The van der Waals surface area contributed by atoms with Crippen LogP contribution in [0.3, 0.4) is 0 Å². The van der Waals surface area contributed by atoms with Crippen LogP contribution in [0.2, 0.25) is 25.7 Å². The van der Waals surface area contributed by atoms with Gasteiger partial charge in [0.15, 0.2) is 0 Å². The molecule has 2 fully saturated rings. The number of carbonyl (C=O) groups is 1. The summed E-state index contributed by atoms with van der Waals surface area (Å²) in [5, 5.41) is 0. The molecule has 0 bridgehead atoms. The molecule has 9 nitrogen and oxygen atoms in total. The number of nitrogens with zero attached hydrogens (tertiary/aromatic N) is 2. The minimum absolute atomic E-state index is 0.0295. The van der Waals surface area contributed by atoms with Gasteiger partial charge in [-0.05, 0) is 38.5 Å². The van der Waals surface area contributed by atoms with Gasteiger partial charge in [-0.3, -0.25) is 4.90 Å². The van der Waals surface area contributed by atoms with Crippen molar-refractivity contribution in [1.82, 2.24) is 4.90 Å². The van der Waals surface area contributed by atoms with Gasteiger partial charge in [-0.15, -0.1) is 0 Å². The molecule has 0 spiro atoms. The Hall–Kier alpha value is -0.159. The number of quaternary nitrogens is 1. The van der Waals surface area contributed by atoms with Gasteiger partial charge in [-0.2, -0.15) is 0 Å². The zero-order chi connectivity index (χ0) is 23.5. The van der Waals surface area contributed by atoms with Crippen LogP contribution in [0.15, 0.2) is 0 Å². The van der Waals surface area contributed by atoms with Crippen molar-refractivity contribution in [2.24, 2.45) is 0 Å². The van der Waals surface area contributed by atoms with Crippen molar-refractivity contribution < 1.29 is 35.8 Å². The van der Waals surface area contributed by atoms with E-state index in [1.54, 1.807) is 42.7 Å². The van der Waals surface area contributed by atoms with E-state index < -0.39 is 25.7 Å². The molecular weight excluding hydrogens is 452 g/mol. The van der Waals surface area contributed by atoms with E-state index >= 15 is 0 Å². The monoisotopic (exact) mass is 495 g/mol. The third kappa shape index (κ3) is 4.88. The van der Waals surface area contributed by atoms with Crippen molar-refractivity contribution >= 4 is 31.7 Å². The maximum Gasteiger partial charge on any atom is 0.419 e. The van der Waals surface area contributed by atoms with Crippen LogP contribution in [0.1, 0.15) is 19.3 Å². The van der Waals surface area contributed by atoms with E-state index in [4.69, 9.17) is 26.6 Å². The topological polar surface area (TPSA) is 75.7 Å². The molecule has 0 aromatic heterocycles. The summed E-state index contributed by atoms with van der Waals surface area (Å²) in [4.78, 5) is 16.1. The van der Waals surface area contributed by atoms with Crippen LogP contribution in [0.5, 0.6) is 0 Å². The lowest BCUT2D eigenvalue weighted by molar-refractivity contribution is -0.910. The van der Waals surface area contributed by atoms with Gasteiger partial charge in [0.05, 0.1) is 25.2 Å². The molecule has 0 saturated carbocycles. The molecule has 182 valence electrons. The van der Waals surface area contributed by atoms with E-state index in [-0.39, 0.29) is 17.4 Å². The number of hydrogen-bond donors (Lipinski definition) is 0. The first-order valence-corrected chi connectivity index (χ1v) is 18.3. The Kier molecular flexibility index (Phi) is 9.09. The summed E-state index contributed by atoms with van der Waals surface area (Å²) < 4.78 is 35.1. The number of amides is 2. The van der Waals surface area contributed by atoms with Crippen molar-refractivity contribution in [3.63, 3.8) is 0 Å². The van der Waals surface area contributed by atoms with E-state index in [0.29, 0.717) is 4.48 Å². The fourth-order valence-electron chi connectivity index (χ4n) is 4.97. The Bertz CT molecular complexity index is 617. The summed E-state index contributed by atoms with van der Waals surface area (Å²) in [6.45, 7) is 8.44. The lowest BCUT2D eigenvalue weighted by atomic mass is 10.1. The second kappa shape index (κ2) is 10.4. The van der Waals surface area contributed by atoms with Gasteiger partial charge in [0.2, 0.25) is 0 Å². The van der Waals surface area contributed by atoms with E-state index in [2.05, 4.69) is 13.1 Å². The minimum Gasteiger partial charge on any atom is -0.398 e. The van der Waals surface area contributed by atoms with Crippen molar-refractivity contribution in [2.75, 3.05) is 62.3 Å². The zero-order valence-corrected chi connectivity index (χ0v) is 23.9. The molecule has 2 aliphatic heterocycles. The highest BCUT2D eigenvalue weighted by atomic mass is 28.4. The van der Waals surface area contributed by atoms with Crippen molar-refractivity contribution in [3.8, 4) is 0 Å². The summed E-state index contributed by atoms with van der Waals surface area (Å²) in [5.41, 5.74) is 0.0918. The first-order chi connectivity index (χ1) is 14.5. The molecule has 2 rings (SSSR count).